The summed E-state index contributed by atoms with van der Waals surface area (Å²) in [6.07, 6.45) is 12.0. The molecule has 0 spiro atoms. The summed E-state index contributed by atoms with van der Waals surface area (Å²) < 4.78 is 38.2. The summed E-state index contributed by atoms with van der Waals surface area (Å²) in [7, 11) is 9.63. The van der Waals surface area contributed by atoms with Crippen LogP contribution in [-0.4, -0.2) is 72.2 Å². The Balaban J connectivity index is 0.000000188. The SMILES string of the molecule is COc1cc(-c2n[nH]c(=S)n2C2CCCCC2)cc(OC)c1OC.COc1cc(-c2n[nH]c(=S)n2C2CCCCC2)cc(OC)c1OC. The second kappa shape index (κ2) is 16.4. The van der Waals surface area contributed by atoms with E-state index in [1.165, 1.54) is 38.5 Å². The summed E-state index contributed by atoms with van der Waals surface area (Å²) in [5, 5.41) is 14.8. The summed E-state index contributed by atoms with van der Waals surface area (Å²) in [4.78, 5) is 0. The van der Waals surface area contributed by atoms with Gasteiger partial charge in [0.25, 0.3) is 0 Å². The highest BCUT2D eigenvalue weighted by Gasteiger charge is 2.24. The molecule has 2 aromatic carbocycles. The first-order chi connectivity index (χ1) is 23.4. The lowest BCUT2D eigenvalue weighted by atomic mass is 9.95. The maximum atomic E-state index is 5.48. The van der Waals surface area contributed by atoms with Crippen LogP contribution >= 0.6 is 24.4 Å². The van der Waals surface area contributed by atoms with Crippen LogP contribution in [0.1, 0.15) is 76.3 Å². The molecule has 2 saturated carbocycles. The van der Waals surface area contributed by atoms with Crippen molar-refractivity contribution in [3.63, 3.8) is 0 Å². The number of benzene rings is 2. The van der Waals surface area contributed by atoms with E-state index in [1.54, 1.807) is 42.7 Å². The molecule has 0 atom stereocenters. The fraction of sp³-hybridized carbons (Fsp3) is 0.529. The molecule has 0 unspecified atom stereocenters. The molecule has 0 radical (unpaired) electrons. The van der Waals surface area contributed by atoms with E-state index in [9.17, 15) is 0 Å². The summed E-state index contributed by atoms with van der Waals surface area (Å²) >= 11 is 11.0. The van der Waals surface area contributed by atoms with Crippen LogP contribution in [-0.2, 0) is 0 Å². The smallest absolute Gasteiger partial charge is 0.203 e. The van der Waals surface area contributed by atoms with Gasteiger partial charge in [-0.05, 0) is 74.4 Å². The molecule has 2 fully saturated rings. The summed E-state index contributed by atoms with van der Waals surface area (Å²) in [6.45, 7) is 0. The lowest BCUT2D eigenvalue weighted by Crippen LogP contribution is -2.14. The average molecular weight is 699 g/mol. The van der Waals surface area contributed by atoms with Crippen LogP contribution in [0, 0.1) is 9.54 Å². The Kier molecular flexibility index (Phi) is 12.0. The van der Waals surface area contributed by atoms with Gasteiger partial charge in [0.2, 0.25) is 11.5 Å². The Morgan fingerprint density at radius 1 is 0.521 bits per heavy atom. The molecular formula is C34H46N6O6S2. The molecule has 2 aliphatic rings. The molecule has 12 nitrogen and oxygen atoms in total. The monoisotopic (exact) mass is 698 g/mol. The number of ether oxygens (including phenoxy) is 6. The number of hydrogen-bond donors (Lipinski definition) is 2. The zero-order valence-corrected chi connectivity index (χ0v) is 30.2. The van der Waals surface area contributed by atoms with Gasteiger partial charge in [0.15, 0.2) is 44.2 Å². The Morgan fingerprint density at radius 2 is 0.833 bits per heavy atom. The van der Waals surface area contributed by atoms with Crippen molar-refractivity contribution < 1.29 is 28.4 Å². The number of H-pyrrole nitrogens is 2. The van der Waals surface area contributed by atoms with Gasteiger partial charge in [0.05, 0.1) is 42.7 Å². The molecule has 0 aliphatic heterocycles. The highest BCUT2D eigenvalue weighted by molar-refractivity contribution is 7.71. The number of methoxy groups -OCH3 is 6. The summed E-state index contributed by atoms with van der Waals surface area (Å²) in [5.74, 6) is 5.19. The van der Waals surface area contributed by atoms with Crippen LogP contribution in [0.25, 0.3) is 22.8 Å². The third kappa shape index (κ3) is 7.34. The third-order valence-electron chi connectivity index (χ3n) is 9.13. The standard InChI is InChI=1S/2C17H23N3O3S/c2*1-21-13-9-11(10-14(22-2)15(13)23-3)16-18-19-17(24)20(16)12-7-5-4-6-8-12/h2*9-10,12H,4-8H2,1-3H3,(H,19,24). The van der Waals surface area contributed by atoms with E-state index >= 15 is 0 Å². The van der Waals surface area contributed by atoms with E-state index in [0.717, 1.165) is 48.5 Å². The zero-order chi connectivity index (χ0) is 34.2. The van der Waals surface area contributed by atoms with Crippen LogP contribution in [0.3, 0.4) is 0 Å². The van der Waals surface area contributed by atoms with Crippen molar-refractivity contribution in [2.24, 2.45) is 0 Å². The molecule has 260 valence electrons. The first-order valence-corrected chi connectivity index (χ1v) is 17.1. The first kappa shape index (κ1) is 35.3. The number of nitrogens with zero attached hydrogens (tertiary/aromatic N) is 4. The largest absolute Gasteiger partial charge is 0.493 e. The second-order valence-corrected chi connectivity index (χ2v) is 12.6. The molecule has 14 heteroatoms. The summed E-state index contributed by atoms with van der Waals surface area (Å²) in [5.41, 5.74) is 1.78. The van der Waals surface area contributed by atoms with E-state index in [4.69, 9.17) is 52.9 Å². The Hall–Kier alpha value is -4.04. The number of rotatable bonds is 10. The van der Waals surface area contributed by atoms with Gasteiger partial charge in [-0.2, -0.15) is 10.2 Å². The van der Waals surface area contributed by atoms with Crippen molar-refractivity contribution >= 4 is 24.4 Å². The molecule has 48 heavy (non-hydrogen) atoms. The second-order valence-electron chi connectivity index (χ2n) is 11.9. The van der Waals surface area contributed by atoms with Gasteiger partial charge in [-0.1, -0.05) is 38.5 Å². The van der Waals surface area contributed by atoms with Crippen LogP contribution in [0.15, 0.2) is 24.3 Å². The minimum atomic E-state index is 0.388. The van der Waals surface area contributed by atoms with E-state index < -0.39 is 0 Å². The van der Waals surface area contributed by atoms with Crippen molar-refractivity contribution in [3.8, 4) is 57.3 Å². The quantitative estimate of drug-likeness (QED) is 0.157. The predicted molar refractivity (Wildman–Crippen MR) is 189 cm³/mol. The Bertz CT molecular complexity index is 1610. The van der Waals surface area contributed by atoms with Crippen LogP contribution in [0.4, 0.5) is 0 Å². The van der Waals surface area contributed by atoms with Crippen LogP contribution < -0.4 is 28.4 Å². The maximum Gasteiger partial charge on any atom is 0.203 e. The fourth-order valence-corrected chi connectivity index (χ4v) is 7.36. The normalized spacial score (nSPS) is 15.3. The summed E-state index contributed by atoms with van der Waals surface area (Å²) in [6, 6.07) is 8.41. The van der Waals surface area contributed by atoms with E-state index in [2.05, 4.69) is 29.5 Å². The van der Waals surface area contributed by atoms with Crippen LogP contribution in [0.5, 0.6) is 34.5 Å². The van der Waals surface area contributed by atoms with E-state index in [-0.39, 0.29) is 0 Å². The van der Waals surface area contributed by atoms with E-state index in [0.29, 0.717) is 56.1 Å². The van der Waals surface area contributed by atoms with Gasteiger partial charge in [-0.15, -0.1) is 0 Å². The molecule has 0 amide bonds. The molecule has 2 aromatic heterocycles. The van der Waals surface area contributed by atoms with E-state index in [1.807, 2.05) is 24.3 Å². The molecule has 0 saturated heterocycles. The topological polar surface area (TPSA) is 123 Å². The van der Waals surface area contributed by atoms with Gasteiger partial charge in [-0.25, -0.2) is 0 Å². The minimum absolute atomic E-state index is 0.388. The molecule has 0 bridgehead atoms. The van der Waals surface area contributed by atoms with Crippen molar-refractivity contribution in [1.82, 2.24) is 29.5 Å². The number of aromatic nitrogens is 6. The van der Waals surface area contributed by atoms with Gasteiger partial charge in [0, 0.05) is 23.2 Å². The lowest BCUT2D eigenvalue weighted by molar-refractivity contribution is 0.324. The maximum absolute atomic E-state index is 5.48. The average Bonchev–Trinajstić information content (AvgIpc) is 3.73. The van der Waals surface area contributed by atoms with Gasteiger partial charge >= 0.3 is 0 Å². The molecule has 2 heterocycles. The van der Waals surface area contributed by atoms with Gasteiger partial charge < -0.3 is 28.4 Å². The highest BCUT2D eigenvalue weighted by atomic mass is 32.1. The predicted octanol–water partition coefficient (Wildman–Crippen LogP) is 8.28. The molecule has 6 rings (SSSR count). The lowest BCUT2D eigenvalue weighted by Gasteiger charge is -2.24. The zero-order valence-electron chi connectivity index (χ0n) is 28.6. The molecular weight excluding hydrogens is 653 g/mol. The van der Waals surface area contributed by atoms with Gasteiger partial charge in [0.1, 0.15) is 0 Å². The number of aromatic amines is 2. The fourth-order valence-electron chi connectivity index (χ4n) is 6.79. The van der Waals surface area contributed by atoms with Gasteiger partial charge in [-0.3, -0.25) is 19.3 Å². The van der Waals surface area contributed by atoms with Crippen molar-refractivity contribution in [2.75, 3.05) is 42.7 Å². The minimum Gasteiger partial charge on any atom is -0.493 e. The number of hydrogen-bond acceptors (Lipinski definition) is 10. The Labute approximate surface area is 291 Å². The first-order valence-electron chi connectivity index (χ1n) is 16.3. The van der Waals surface area contributed by atoms with Crippen molar-refractivity contribution in [3.05, 3.63) is 33.8 Å². The molecule has 2 aliphatic carbocycles. The van der Waals surface area contributed by atoms with Crippen molar-refractivity contribution in [1.29, 1.82) is 0 Å². The number of nitrogens with one attached hydrogen (secondary N) is 2. The molecule has 4 aromatic rings. The highest BCUT2D eigenvalue weighted by Crippen LogP contribution is 2.43. The van der Waals surface area contributed by atoms with Crippen molar-refractivity contribution in [2.45, 2.75) is 76.3 Å². The third-order valence-corrected chi connectivity index (χ3v) is 9.71. The Morgan fingerprint density at radius 3 is 1.10 bits per heavy atom. The molecule has 2 N–H and O–H groups in total. The van der Waals surface area contributed by atoms with Crippen LogP contribution in [0.2, 0.25) is 0 Å².